The average molecular weight is 392 g/mol. The van der Waals surface area contributed by atoms with Gasteiger partial charge in [0.1, 0.15) is 23.2 Å². The molecule has 1 aromatic carbocycles. The third kappa shape index (κ3) is 4.70. The largest absolute Gasteiger partial charge is 0.497 e. The number of aromatic nitrogens is 2. The number of carbonyl (C=O) groups is 1. The summed E-state index contributed by atoms with van der Waals surface area (Å²) in [6, 6.07) is 6.34. The zero-order valence-electron chi connectivity index (χ0n) is 15.3. The SMILES string of the molecule is COc1cccc(NC(=S)NNC(=O)[C@H](C)n2nc(C)c([N+](=O)[O-])c2C)c1. The van der Waals surface area contributed by atoms with Crippen molar-refractivity contribution in [3.63, 3.8) is 0 Å². The van der Waals surface area contributed by atoms with Crippen LogP contribution in [0.25, 0.3) is 0 Å². The Morgan fingerprint density at radius 2 is 2.07 bits per heavy atom. The maximum absolute atomic E-state index is 12.3. The molecule has 1 aromatic heterocycles. The van der Waals surface area contributed by atoms with Crippen LogP contribution in [-0.2, 0) is 4.79 Å². The number of hydrogen-bond donors (Lipinski definition) is 3. The summed E-state index contributed by atoms with van der Waals surface area (Å²) in [6.45, 7) is 4.65. The second kappa shape index (κ2) is 8.45. The van der Waals surface area contributed by atoms with Gasteiger partial charge in [0.25, 0.3) is 5.91 Å². The molecular formula is C16H20N6O4S. The van der Waals surface area contributed by atoms with Crippen LogP contribution in [0.15, 0.2) is 24.3 Å². The van der Waals surface area contributed by atoms with E-state index in [0.717, 1.165) is 0 Å². The van der Waals surface area contributed by atoms with Crippen molar-refractivity contribution >= 4 is 34.6 Å². The van der Waals surface area contributed by atoms with Crippen LogP contribution < -0.4 is 20.9 Å². The number of hydrogen-bond acceptors (Lipinski definition) is 6. The maximum Gasteiger partial charge on any atom is 0.312 e. The topological polar surface area (TPSA) is 123 Å². The number of nitrogens with one attached hydrogen (secondary N) is 3. The number of hydrazine groups is 1. The van der Waals surface area contributed by atoms with Crippen LogP contribution in [0, 0.1) is 24.0 Å². The van der Waals surface area contributed by atoms with E-state index in [2.05, 4.69) is 21.3 Å². The molecule has 11 heteroatoms. The Morgan fingerprint density at radius 1 is 1.37 bits per heavy atom. The number of ether oxygens (including phenoxy) is 1. The number of nitro groups is 1. The second-order valence-electron chi connectivity index (χ2n) is 5.70. The fourth-order valence-electron chi connectivity index (χ4n) is 2.49. The molecule has 144 valence electrons. The predicted molar refractivity (Wildman–Crippen MR) is 104 cm³/mol. The van der Waals surface area contributed by atoms with Crippen molar-refractivity contribution in [2.75, 3.05) is 12.4 Å². The Labute approximate surface area is 161 Å². The maximum atomic E-state index is 12.3. The Hall–Kier alpha value is -3.21. The first-order valence-electron chi connectivity index (χ1n) is 7.95. The number of anilines is 1. The smallest absolute Gasteiger partial charge is 0.312 e. The molecule has 0 aliphatic heterocycles. The quantitative estimate of drug-likeness (QED) is 0.401. The highest BCUT2D eigenvalue weighted by Crippen LogP contribution is 2.24. The van der Waals surface area contributed by atoms with Gasteiger partial charge in [0.2, 0.25) is 0 Å². The molecule has 0 saturated heterocycles. The minimum atomic E-state index is -0.774. The van der Waals surface area contributed by atoms with Gasteiger partial charge in [-0.05, 0) is 45.1 Å². The molecule has 0 fully saturated rings. The summed E-state index contributed by atoms with van der Waals surface area (Å²) in [4.78, 5) is 22.9. The van der Waals surface area contributed by atoms with Gasteiger partial charge >= 0.3 is 5.69 Å². The standard InChI is InChI=1S/C16H20N6O4S/c1-9-14(22(24)25)10(2)21(20-9)11(3)15(23)18-19-16(27)17-12-6-5-7-13(8-12)26-4/h5-8,11H,1-4H3,(H,18,23)(H2,17,19,27)/t11-/m0/s1. The lowest BCUT2D eigenvalue weighted by Gasteiger charge is -2.16. The third-order valence-electron chi connectivity index (χ3n) is 3.84. The summed E-state index contributed by atoms with van der Waals surface area (Å²) in [7, 11) is 1.56. The van der Waals surface area contributed by atoms with Crippen LogP contribution in [0.5, 0.6) is 5.75 Å². The molecule has 1 atom stereocenters. The number of nitrogens with zero attached hydrogens (tertiary/aromatic N) is 3. The molecule has 0 saturated carbocycles. The molecule has 0 aliphatic carbocycles. The van der Waals surface area contributed by atoms with E-state index in [4.69, 9.17) is 17.0 Å². The molecule has 0 radical (unpaired) electrons. The fourth-order valence-corrected chi connectivity index (χ4v) is 2.66. The van der Waals surface area contributed by atoms with Gasteiger partial charge in [0.15, 0.2) is 5.11 Å². The summed E-state index contributed by atoms with van der Waals surface area (Å²) in [5.74, 6) is 0.205. The second-order valence-corrected chi connectivity index (χ2v) is 6.11. The first-order valence-corrected chi connectivity index (χ1v) is 8.36. The summed E-state index contributed by atoms with van der Waals surface area (Å²) in [5, 5.41) is 18.3. The van der Waals surface area contributed by atoms with Crippen LogP contribution >= 0.6 is 12.2 Å². The van der Waals surface area contributed by atoms with Crippen LogP contribution in [0.3, 0.4) is 0 Å². The molecule has 2 aromatic rings. The lowest BCUT2D eigenvalue weighted by atomic mass is 10.3. The van der Waals surface area contributed by atoms with Crippen LogP contribution in [0.2, 0.25) is 0 Å². The zero-order valence-corrected chi connectivity index (χ0v) is 16.1. The molecule has 3 N–H and O–H groups in total. The van der Waals surface area contributed by atoms with E-state index in [-0.39, 0.29) is 16.5 Å². The van der Waals surface area contributed by atoms with Gasteiger partial charge < -0.3 is 10.1 Å². The highest BCUT2D eigenvalue weighted by Gasteiger charge is 2.27. The van der Waals surface area contributed by atoms with E-state index in [0.29, 0.717) is 17.1 Å². The third-order valence-corrected chi connectivity index (χ3v) is 4.05. The molecule has 1 amide bonds. The number of rotatable bonds is 5. The van der Waals surface area contributed by atoms with Gasteiger partial charge in [0, 0.05) is 11.8 Å². The summed E-state index contributed by atoms with van der Waals surface area (Å²) in [5.41, 5.74) is 6.19. The first-order chi connectivity index (χ1) is 12.7. The molecule has 10 nitrogen and oxygen atoms in total. The first kappa shape index (κ1) is 20.1. The lowest BCUT2D eigenvalue weighted by Crippen LogP contribution is -2.46. The van der Waals surface area contributed by atoms with Crippen molar-refractivity contribution in [3.05, 3.63) is 45.8 Å². The van der Waals surface area contributed by atoms with Crippen molar-refractivity contribution in [2.24, 2.45) is 0 Å². The number of thiocarbonyl (C=S) groups is 1. The summed E-state index contributed by atoms with van der Waals surface area (Å²) < 4.78 is 6.43. The monoisotopic (exact) mass is 392 g/mol. The zero-order chi connectivity index (χ0) is 20.1. The molecule has 0 aliphatic rings. The molecule has 0 spiro atoms. The highest BCUT2D eigenvalue weighted by molar-refractivity contribution is 7.80. The average Bonchev–Trinajstić information content (AvgIpc) is 2.93. The van der Waals surface area contributed by atoms with E-state index in [1.807, 2.05) is 0 Å². The summed E-state index contributed by atoms with van der Waals surface area (Å²) >= 11 is 5.13. The van der Waals surface area contributed by atoms with E-state index in [1.54, 1.807) is 45.2 Å². The molecule has 0 unspecified atom stereocenters. The van der Waals surface area contributed by atoms with Crippen LogP contribution in [0.1, 0.15) is 24.4 Å². The Kier molecular flexibility index (Phi) is 6.29. The van der Waals surface area contributed by atoms with Crippen molar-refractivity contribution in [3.8, 4) is 5.75 Å². The molecule has 1 heterocycles. The number of carbonyl (C=O) groups excluding carboxylic acids is 1. The van der Waals surface area contributed by atoms with Gasteiger partial charge in [-0.15, -0.1) is 0 Å². The number of methoxy groups -OCH3 is 1. The van der Waals surface area contributed by atoms with Crippen LogP contribution in [0.4, 0.5) is 11.4 Å². The molecule has 2 rings (SSSR count). The number of amides is 1. The van der Waals surface area contributed by atoms with E-state index < -0.39 is 16.9 Å². The minimum absolute atomic E-state index is 0.0992. The van der Waals surface area contributed by atoms with Crippen molar-refractivity contribution in [1.82, 2.24) is 20.6 Å². The normalized spacial score (nSPS) is 11.4. The van der Waals surface area contributed by atoms with Crippen molar-refractivity contribution in [2.45, 2.75) is 26.8 Å². The highest BCUT2D eigenvalue weighted by atomic mass is 32.1. The van der Waals surface area contributed by atoms with E-state index in [9.17, 15) is 14.9 Å². The van der Waals surface area contributed by atoms with Gasteiger partial charge in [-0.3, -0.25) is 30.4 Å². The van der Waals surface area contributed by atoms with E-state index in [1.165, 1.54) is 11.6 Å². The molecule has 27 heavy (non-hydrogen) atoms. The van der Waals surface area contributed by atoms with Crippen molar-refractivity contribution in [1.29, 1.82) is 0 Å². The molecule has 0 bridgehead atoms. The van der Waals surface area contributed by atoms with Crippen molar-refractivity contribution < 1.29 is 14.5 Å². The Morgan fingerprint density at radius 3 is 2.67 bits per heavy atom. The fraction of sp³-hybridized carbons (Fsp3) is 0.312. The minimum Gasteiger partial charge on any atom is -0.497 e. The van der Waals surface area contributed by atoms with Gasteiger partial charge in [-0.2, -0.15) is 5.10 Å². The number of benzene rings is 1. The van der Waals surface area contributed by atoms with Crippen LogP contribution in [-0.4, -0.2) is 32.8 Å². The van der Waals surface area contributed by atoms with E-state index >= 15 is 0 Å². The molecular weight excluding hydrogens is 372 g/mol. The van der Waals surface area contributed by atoms with Gasteiger partial charge in [-0.1, -0.05) is 6.07 Å². The number of aryl methyl sites for hydroxylation is 1. The van der Waals surface area contributed by atoms with Gasteiger partial charge in [-0.25, -0.2) is 0 Å². The lowest BCUT2D eigenvalue weighted by molar-refractivity contribution is -0.386. The van der Waals surface area contributed by atoms with Gasteiger partial charge in [0.05, 0.1) is 12.0 Å². The predicted octanol–water partition coefficient (Wildman–Crippen LogP) is 2.00. The summed E-state index contributed by atoms with van der Waals surface area (Å²) in [6.07, 6.45) is 0. The Balaban J connectivity index is 1.97. The Bertz CT molecular complexity index is 882.